The van der Waals surface area contributed by atoms with Crippen LogP contribution in [0.15, 0.2) is 158 Å². The lowest BCUT2D eigenvalue weighted by Crippen LogP contribution is -2.11. The van der Waals surface area contributed by atoms with Crippen LogP contribution < -0.4 is 0 Å². The second-order valence-corrected chi connectivity index (χ2v) is 21.7. The van der Waals surface area contributed by atoms with Gasteiger partial charge in [0, 0.05) is 39.3 Å². The monoisotopic (exact) mass is 946 g/mol. The van der Waals surface area contributed by atoms with E-state index in [0.717, 1.165) is 50.1 Å². The number of benzene rings is 7. The Morgan fingerprint density at radius 3 is 1.79 bits per heavy atom. The van der Waals surface area contributed by atoms with E-state index in [1.165, 1.54) is 12.1 Å². The number of aromatic nitrogens is 3. The van der Waals surface area contributed by atoms with E-state index in [-0.39, 0.29) is 39.5 Å². The molecular formula is C67H71N3O. The molecule has 9 rings (SSSR count). The summed E-state index contributed by atoms with van der Waals surface area (Å²) in [5, 5.41) is 12.6. The summed E-state index contributed by atoms with van der Waals surface area (Å²) in [4.78, 5) is 10.5. The number of phenolic OH excluding ortho intramolecular Hbond substituents is 1. The molecule has 0 aliphatic heterocycles. The number of hydrogen-bond donors (Lipinski definition) is 1. The van der Waals surface area contributed by atoms with Crippen molar-refractivity contribution in [2.75, 3.05) is 0 Å². The zero-order chi connectivity index (χ0) is 60.7. The van der Waals surface area contributed by atoms with Gasteiger partial charge in [-0.2, -0.15) is 0 Å². The summed E-state index contributed by atoms with van der Waals surface area (Å²) in [6.07, 6.45) is 1.66. The van der Waals surface area contributed by atoms with Gasteiger partial charge in [0.05, 0.1) is 28.0 Å². The van der Waals surface area contributed by atoms with Gasteiger partial charge in [-0.3, -0.25) is 9.55 Å². The van der Waals surface area contributed by atoms with Gasteiger partial charge in [-0.25, -0.2) is 4.98 Å². The lowest BCUT2D eigenvalue weighted by atomic mass is 9.83. The molecule has 9 aromatic rings. The normalized spacial score (nSPS) is 15.6. The molecule has 0 fully saturated rings. The van der Waals surface area contributed by atoms with Gasteiger partial charge in [0.2, 0.25) is 0 Å². The SMILES string of the molecule is [2H]C([2H])([2H])c1cc(-c2ccc(C(C)(C)C)cc2)c(-n2c(-c3cc(C(C)C)cc(C(C)C)c3O)nc3c(-c4cc(-c5cc(-c6ccc(C(C([2H])([2H])[2H])(C([2H])([2H])[2H])C([2H])([2H])[2H])cc6)ccn5)cc(C(C)(C)C)c4)cccc32)cc1-c1ccccc1. The zero-order valence-corrected chi connectivity index (χ0v) is 42.5. The van der Waals surface area contributed by atoms with Gasteiger partial charge in [0.15, 0.2) is 0 Å². The van der Waals surface area contributed by atoms with Crippen LogP contribution in [-0.4, -0.2) is 19.6 Å². The summed E-state index contributed by atoms with van der Waals surface area (Å²) in [7, 11) is 0. The number of imidazole rings is 1. The quantitative estimate of drug-likeness (QED) is 0.157. The van der Waals surface area contributed by atoms with Crippen molar-refractivity contribution >= 4 is 11.0 Å². The Morgan fingerprint density at radius 1 is 0.507 bits per heavy atom. The first-order chi connectivity index (χ1) is 38.5. The van der Waals surface area contributed by atoms with E-state index in [2.05, 4.69) is 110 Å². The highest BCUT2D eigenvalue weighted by atomic mass is 16.3. The molecule has 0 amide bonds. The Bertz CT molecular complexity index is 3840. The second kappa shape index (κ2) is 18.6. The molecule has 2 heterocycles. The maximum absolute atomic E-state index is 12.6. The van der Waals surface area contributed by atoms with E-state index in [9.17, 15) is 5.11 Å². The van der Waals surface area contributed by atoms with E-state index >= 15 is 0 Å². The van der Waals surface area contributed by atoms with Crippen molar-refractivity contribution < 1.29 is 21.6 Å². The fourth-order valence-electron chi connectivity index (χ4n) is 9.44. The number of para-hydroxylation sites is 1. The highest BCUT2D eigenvalue weighted by Crippen LogP contribution is 2.46. The first-order valence-corrected chi connectivity index (χ1v) is 24.5. The van der Waals surface area contributed by atoms with Gasteiger partial charge >= 0.3 is 0 Å². The summed E-state index contributed by atoms with van der Waals surface area (Å²) in [6, 6.07) is 47.3. The average Bonchev–Trinajstić information content (AvgIpc) is 4.03. The maximum atomic E-state index is 12.6. The molecule has 0 unspecified atom stereocenters. The summed E-state index contributed by atoms with van der Waals surface area (Å²) in [6.45, 7) is 8.53. The molecule has 0 spiro atoms. The minimum atomic E-state index is -3.40. The maximum Gasteiger partial charge on any atom is 0.149 e. The van der Waals surface area contributed by atoms with E-state index in [0.29, 0.717) is 56.1 Å². The van der Waals surface area contributed by atoms with Gasteiger partial charge in [0.25, 0.3) is 0 Å². The fourth-order valence-corrected chi connectivity index (χ4v) is 9.44. The van der Waals surface area contributed by atoms with E-state index < -0.39 is 32.8 Å². The van der Waals surface area contributed by atoms with Gasteiger partial charge in [-0.1, -0.05) is 193 Å². The number of rotatable bonds is 9. The summed E-state index contributed by atoms with van der Waals surface area (Å²) < 4.78 is 103. The minimum Gasteiger partial charge on any atom is -0.507 e. The Kier molecular flexibility index (Phi) is 9.43. The number of phenols is 1. The van der Waals surface area contributed by atoms with E-state index in [4.69, 9.17) is 26.4 Å². The largest absolute Gasteiger partial charge is 0.507 e. The molecule has 0 radical (unpaired) electrons. The second-order valence-electron chi connectivity index (χ2n) is 21.7. The van der Waals surface area contributed by atoms with Crippen molar-refractivity contribution in [2.45, 2.75) is 125 Å². The Morgan fingerprint density at radius 2 is 1.15 bits per heavy atom. The van der Waals surface area contributed by atoms with Crippen molar-refractivity contribution in [2.24, 2.45) is 0 Å². The van der Waals surface area contributed by atoms with Crippen LogP contribution in [0.25, 0.3) is 83.9 Å². The molecule has 0 saturated carbocycles. The number of hydrogen-bond acceptors (Lipinski definition) is 3. The van der Waals surface area contributed by atoms with Gasteiger partial charge in [0.1, 0.15) is 11.6 Å². The summed E-state index contributed by atoms with van der Waals surface area (Å²) in [5.74, 6) is 0.609. The molecule has 7 aromatic carbocycles. The van der Waals surface area contributed by atoms with Crippen LogP contribution in [0.4, 0.5) is 0 Å². The Hall–Kier alpha value is -7.04. The predicted octanol–water partition coefficient (Wildman–Crippen LogP) is 18.6. The number of fused-ring (bicyclic) bond motifs is 1. The predicted molar refractivity (Wildman–Crippen MR) is 302 cm³/mol. The fraction of sp³-hybridized carbons (Fsp3) is 0.284. The Labute approximate surface area is 440 Å². The number of aryl methyl sites for hydroxylation is 1. The molecular weight excluding hydrogens is 863 g/mol. The van der Waals surface area contributed by atoms with Crippen molar-refractivity contribution in [3.8, 4) is 78.6 Å². The molecule has 2 aromatic heterocycles. The molecule has 4 heteroatoms. The third-order valence-electron chi connectivity index (χ3n) is 13.7. The molecule has 0 saturated heterocycles. The topological polar surface area (TPSA) is 50.9 Å². The van der Waals surface area contributed by atoms with Gasteiger partial charge in [-0.05, 0) is 150 Å². The Balaban J connectivity index is 1.32. The lowest BCUT2D eigenvalue weighted by Gasteiger charge is -2.22. The third-order valence-corrected chi connectivity index (χ3v) is 13.7. The van der Waals surface area contributed by atoms with Crippen molar-refractivity contribution in [3.05, 3.63) is 191 Å². The summed E-state index contributed by atoms with van der Waals surface area (Å²) in [5.41, 5.74) is 9.57. The number of aromatic hydroxyl groups is 1. The van der Waals surface area contributed by atoms with Crippen LogP contribution in [0.3, 0.4) is 0 Å². The smallest absolute Gasteiger partial charge is 0.149 e. The van der Waals surface area contributed by atoms with Crippen LogP contribution in [0.5, 0.6) is 5.75 Å². The summed E-state index contributed by atoms with van der Waals surface area (Å²) >= 11 is 0. The first kappa shape index (κ1) is 36.0. The molecule has 0 bridgehead atoms. The van der Waals surface area contributed by atoms with Crippen LogP contribution in [0.2, 0.25) is 0 Å². The molecule has 71 heavy (non-hydrogen) atoms. The van der Waals surface area contributed by atoms with Gasteiger partial charge < -0.3 is 5.11 Å². The van der Waals surface area contributed by atoms with Gasteiger partial charge in [-0.15, -0.1) is 0 Å². The van der Waals surface area contributed by atoms with Crippen molar-refractivity contribution in [3.63, 3.8) is 0 Å². The highest BCUT2D eigenvalue weighted by Gasteiger charge is 2.27. The van der Waals surface area contributed by atoms with Crippen LogP contribution in [0.1, 0.15) is 151 Å². The van der Waals surface area contributed by atoms with Crippen LogP contribution in [0, 0.1) is 6.85 Å². The van der Waals surface area contributed by atoms with Crippen molar-refractivity contribution in [1.29, 1.82) is 0 Å². The average molecular weight is 946 g/mol. The van der Waals surface area contributed by atoms with E-state index in [1.54, 1.807) is 30.5 Å². The molecule has 0 aliphatic rings. The molecule has 0 aliphatic carbocycles. The molecule has 0 atom stereocenters. The zero-order valence-electron chi connectivity index (χ0n) is 54.5. The number of pyridine rings is 1. The van der Waals surface area contributed by atoms with Crippen LogP contribution in [-0.2, 0) is 16.2 Å². The minimum absolute atomic E-state index is 0.0465. The molecule has 360 valence electrons. The van der Waals surface area contributed by atoms with Crippen molar-refractivity contribution in [1.82, 2.24) is 14.5 Å². The molecule has 1 N–H and O–H groups in total. The molecule has 4 nitrogen and oxygen atoms in total. The first-order valence-electron chi connectivity index (χ1n) is 30.5. The third kappa shape index (κ3) is 9.74. The number of nitrogens with zero attached hydrogens (tertiary/aromatic N) is 3. The standard InChI is InChI=1S/C67H71N3O/c1-41(2)48-37-55(42(3)4)63(71)58(38-48)64-69-62-54(49-34-50(36-53(35-49)67(12,13)14)59-39-47(31-32-68-59)44-23-27-51(28-24-44)65(6,7)8)21-18-22-60(62)70(64)61-40-56(45-19-16-15-17-20-45)43(5)33-57(61)46-25-29-52(30-26-46)66(9,10)11/h15-42,71H,1-14H3/i5D3,6D3,7D3,8D3. The highest BCUT2D eigenvalue weighted by molar-refractivity contribution is 5.98. The lowest BCUT2D eigenvalue weighted by molar-refractivity contribution is 0.466. The van der Waals surface area contributed by atoms with Crippen LogP contribution >= 0.6 is 0 Å². The van der Waals surface area contributed by atoms with E-state index in [1.807, 2.05) is 78.9 Å².